The highest BCUT2D eigenvalue weighted by Crippen LogP contribution is 2.41. The second kappa shape index (κ2) is 11.5. The van der Waals surface area contributed by atoms with E-state index in [4.69, 9.17) is 18.7 Å². The lowest BCUT2D eigenvalue weighted by Crippen LogP contribution is -2.43. The first-order chi connectivity index (χ1) is 14.4. The van der Waals surface area contributed by atoms with Crippen LogP contribution in [-0.4, -0.2) is 53.6 Å². The summed E-state index contributed by atoms with van der Waals surface area (Å²) in [5.74, 6) is 0.459. The van der Waals surface area contributed by atoms with E-state index in [0.717, 1.165) is 38.5 Å². The third-order valence-corrected chi connectivity index (χ3v) is 17.3. The van der Waals surface area contributed by atoms with Gasteiger partial charge in [0.25, 0.3) is 0 Å². The van der Waals surface area contributed by atoms with Gasteiger partial charge in [0.1, 0.15) is 0 Å². The minimum Gasteiger partial charge on any atom is -0.469 e. The number of esters is 1. The predicted octanol–water partition coefficient (Wildman–Crippen LogP) is 6.52. The summed E-state index contributed by atoms with van der Waals surface area (Å²) < 4.78 is 17.4. The monoisotopic (exact) mass is 488 g/mol. The minimum absolute atomic E-state index is 0.0507. The van der Waals surface area contributed by atoms with Crippen LogP contribution >= 0.6 is 0 Å². The Morgan fingerprint density at radius 2 is 1.25 bits per heavy atom. The SMILES string of the molecule is CC(C)(C)[Si](C)(C)OC1CCC(CO)C1.COC(=O)C1CCC(O[Si](C)(C)C(C)(C)C)C1. The molecule has 0 amide bonds. The first kappa shape index (κ1) is 29.8. The van der Waals surface area contributed by atoms with Gasteiger partial charge in [-0.1, -0.05) is 41.5 Å². The number of hydrogen-bond acceptors (Lipinski definition) is 5. The van der Waals surface area contributed by atoms with Crippen molar-refractivity contribution in [1.29, 1.82) is 0 Å². The molecule has 0 spiro atoms. The van der Waals surface area contributed by atoms with E-state index >= 15 is 0 Å². The molecule has 0 bridgehead atoms. The third-order valence-electron chi connectivity index (χ3n) is 8.21. The van der Waals surface area contributed by atoms with Crippen LogP contribution in [0.1, 0.15) is 80.1 Å². The van der Waals surface area contributed by atoms with E-state index in [1.807, 2.05) is 0 Å². The molecular weight excluding hydrogens is 436 g/mol. The first-order valence-electron chi connectivity index (χ1n) is 12.5. The Morgan fingerprint density at radius 1 is 0.812 bits per heavy atom. The molecule has 0 aliphatic heterocycles. The van der Waals surface area contributed by atoms with E-state index in [2.05, 4.69) is 67.7 Å². The standard InChI is InChI=1S/C13H26O3Si.C12H26O2Si/c1-13(2,3)17(5,6)16-11-8-7-10(9-11)12(14)15-4;1-12(2,3)15(4,5)14-11-7-6-10(8-11)9-13/h10-11H,7-9H2,1-6H3;10-11,13H,6-9H2,1-5H3. The molecule has 2 fully saturated rings. The first-order valence-corrected chi connectivity index (χ1v) is 18.3. The van der Waals surface area contributed by atoms with Crippen molar-refractivity contribution in [3.63, 3.8) is 0 Å². The van der Waals surface area contributed by atoms with Gasteiger partial charge in [-0.05, 0) is 80.7 Å². The zero-order valence-electron chi connectivity index (χ0n) is 22.8. The predicted molar refractivity (Wildman–Crippen MR) is 138 cm³/mol. The zero-order valence-corrected chi connectivity index (χ0v) is 24.8. The van der Waals surface area contributed by atoms with Crippen LogP contribution in [0.15, 0.2) is 0 Å². The molecule has 2 aliphatic rings. The van der Waals surface area contributed by atoms with Crippen LogP contribution in [-0.2, 0) is 18.4 Å². The van der Waals surface area contributed by atoms with Gasteiger partial charge in [0.2, 0.25) is 0 Å². The summed E-state index contributed by atoms with van der Waals surface area (Å²) in [7, 11) is -1.83. The molecule has 190 valence electrons. The van der Waals surface area contributed by atoms with Crippen molar-refractivity contribution in [2.75, 3.05) is 13.7 Å². The molecule has 32 heavy (non-hydrogen) atoms. The molecule has 0 heterocycles. The second-order valence-corrected chi connectivity index (χ2v) is 22.4. The van der Waals surface area contributed by atoms with Gasteiger partial charge in [-0.2, -0.15) is 0 Å². The summed E-state index contributed by atoms with van der Waals surface area (Å²) in [5.41, 5.74) is 0. The molecule has 0 radical (unpaired) electrons. The van der Waals surface area contributed by atoms with Gasteiger partial charge in [0.05, 0.1) is 13.0 Å². The Hall–Kier alpha value is -0.216. The van der Waals surface area contributed by atoms with E-state index in [0.29, 0.717) is 23.7 Å². The van der Waals surface area contributed by atoms with Gasteiger partial charge in [-0.3, -0.25) is 4.79 Å². The lowest BCUT2D eigenvalue weighted by atomic mass is 10.1. The summed E-state index contributed by atoms with van der Waals surface area (Å²) in [5, 5.41) is 9.63. The fourth-order valence-corrected chi connectivity index (χ4v) is 6.72. The Bertz CT molecular complexity index is 592. The number of aliphatic hydroxyl groups excluding tert-OH is 1. The van der Waals surface area contributed by atoms with Crippen LogP contribution in [0, 0.1) is 11.8 Å². The van der Waals surface area contributed by atoms with Gasteiger partial charge in [-0.25, -0.2) is 0 Å². The van der Waals surface area contributed by atoms with Crippen molar-refractivity contribution in [1.82, 2.24) is 0 Å². The molecule has 0 saturated heterocycles. The maximum atomic E-state index is 11.5. The molecule has 0 aromatic carbocycles. The number of aliphatic hydroxyl groups is 1. The normalized spacial score (nSPS) is 27.1. The number of carbonyl (C=O) groups is 1. The molecule has 2 saturated carbocycles. The van der Waals surface area contributed by atoms with Crippen LogP contribution in [0.2, 0.25) is 36.3 Å². The fraction of sp³-hybridized carbons (Fsp3) is 0.960. The average Bonchev–Trinajstić information content (AvgIpc) is 3.28. The lowest BCUT2D eigenvalue weighted by molar-refractivity contribution is -0.145. The molecular formula is C25H52O5Si2. The average molecular weight is 489 g/mol. The number of ether oxygens (including phenoxy) is 1. The van der Waals surface area contributed by atoms with Gasteiger partial charge < -0.3 is 18.7 Å². The maximum Gasteiger partial charge on any atom is 0.308 e. The maximum absolute atomic E-state index is 11.5. The molecule has 2 aliphatic carbocycles. The quantitative estimate of drug-likeness (QED) is 0.340. The number of carbonyl (C=O) groups excluding carboxylic acids is 1. The van der Waals surface area contributed by atoms with Crippen molar-refractivity contribution in [3.05, 3.63) is 0 Å². The highest BCUT2D eigenvalue weighted by Gasteiger charge is 2.42. The Labute approximate surface area is 200 Å². The fourth-order valence-electron chi connectivity index (χ4n) is 3.92. The van der Waals surface area contributed by atoms with E-state index in [-0.39, 0.29) is 23.0 Å². The number of rotatable bonds is 6. The van der Waals surface area contributed by atoms with Crippen LogP contribution < -0.4 is 0 Å². The van der Waals surface area contributed by atoms with Gasteiger partial charge in [0, 0.05) is 18.8 Å². The molecule has 0 aromatic heterocycles. The largest absolute Gasteiger partial charge is 0.469 e. The van der Waals surface area contributed by atoms with Gasteiger partial charge in [0.15, 0.2) is 16.6 Å². The van der Waals surface area contributed by atoms with Gasteiger partial charge in [-0.15, -0.1) is 0 Å². The smallest absolute Gasteiger partial charge is 0.308 e. The minimum atomic E-state index is -1.70. The van der Waals surface area contributed by atoms with Crippen LogP contribution in [0.25, 0.3) is 0 Å². The summed E-state index contributed by atoms with van der Waals surface area (Å²) in [6.07, 6.45) is 6.72. The molecule has 0 aromatic rings. The molecule has 7 heteroatoms. The lowest BCUT2D eigenvalue weighted by Gasteiger charge is -2.38. The second-order valence-electron chi connectivity index (χ2n) is 12.9. The third kappa shape index (κ3) is 8.53. The van der Waals surface area contributed by atoms with E-state index in [1.54, 1.807) is 0 Å². The molecule has 1 N–H and O–H groups in total. The summed E-state index contributed by atoms with van der Waals surface area (Å²) in [6.45, 7) is 23.0. The van der Waals surface area contributed by atoms with Crippen molar-refractivity contribution < 1.29 is 23.5 Å². The van der Waals surface area contributed by atoms with E-state index in [9.17, 15) is 4.79 Å². The highest BCUT2D eigenvalue weighted by atomic mass is 28.4. The van der Waals surface area contributed by atoms with Crippen LogP contribution in [0.3, 0.4) is 0 Å². The van der Waals surface area contributed by atoms with Crippen molar-refractivity contribution >= 4 is 22.6 Å². The van der Waals surface area contributed by atoms with E-state index in [1.165, 1.54) is 7.11 Å². The molecule has 2 rings (SSSR count). The Balaban J connectivity index is 0.000000323. The molecule has 4 unspecified atom stereocenters. The topological polar surface area (TPSA) is 65.0 Å². The Morgan fingerprint density at radius 3 is 1.62 bits per heavy atom. The van der Waals surface area contributed by atoms with Crippen LogP contribution in [0.5, 0.6) is 0 Å². The van der Waals surface area contributed by atoms with Gasteiger partial charge >= 0.3 is 5.97 Å². The number of hydrogen-bond donors (Lipinski definition) is 1. The summed E-state index contributed by atoms with van der Waals surface area (Å²) >= 11 is 0. The number of methoxy groups -OCH3 is 1. The van der Waals surface area contributed by atoms with E-state index < -0.39 is 16.6 Å². The highest BCUT2D eigenvalue weighted by molar-refractivity contribution is 6.74. The Kier molecular flexibility index (Phi) is 10.7. The van der Waals surface area contributed by atoms with Crippen molar-refractivity contribution in [2.45, 2.75) is 129 Å². The summed E-state index contributed by atoms with van der Waals surface area (Å²) in [4.78, 5) is 11.5. The van der Waals surface area contributed by atoms with Crippen molar-refractivity contribution in [3.8, 4) is 0 Å². The zero-order chi connectivity index (χ0) is 25.0. The molecule has 5 nitrogen and oxygen atoms in total. The van der Waals surface area contributed by atoms with Crippen LogP contribution in [0.4, 0.5) is 0 Å². The molecule has 4 atom stereocenters. The van der Waals surface area contributed by atoms with Crippen molar-refractivity contribution in [2.24, 2.45) is 11.8 Å². The summed E-state index contributed by atoms with van der Waals surface area (Å²) in [6, 6.07) is 0.